The molecule has 1 saturated heterocycles. The molecule has 3 heterocycles. The van der Waals surface area contributed by atoms with Crippen LogP contribution in [0.25, 0.3) is 10.9 Å². The Balaban J connectivity index is 1.67. The monoisotopic (exact) mass is 309 g/mol. The molecule has 0 spiro atoms. The lowest BCUT2D eigenvalue weighted by Crippen LogP contribution is -2.22. The zero-order valence-corrected chi connectivity index (χ0v) is 13.2. The minimum absolute atomic E-state index is 0.208. The summed E-state index contributed by atoms with van der Waals surface area (Å²) in [4.78, 5) is 13.4. The average Bonchev–Trinajstić information content (AvgIpc) is 2.95. The number of nitriles is 1. The fraction of sp³-hybridized carbons (Fsp3) is 0.500. The van der Waals surface area contributed by atoms with Gasteiger partial charge in [-0.3, -0.25) is 0 Å². The standard InChI is InChI=1S/C16H19N7/c1-8(2)20-15-13-9(3-10(4-17)21-15)5-19-16(22-13)23-14-11-6-18-7-12(11)14/h3,5,8,11-12,14,18H,6-7H2,1-2H3,(H,20,21)(H,19,22,23)/t11-,12+,14?. The molecule has 1 saturated carbocycles. The topological polar surface area (TPSA) is 98.5 Å². The van der Waals surface area contributed by atoms with E-state index in [9.17, 15) is 0 Å². The highest BCUT2D eigenvalue weighted by atomic mass is 15.2. The van der Waals surface area contributed by atoms with E-state index in [1.54, 1.807) is 12.3 Å². The molecule has 0 amide bonds. The molecule has 1 aliphatic heterocycles. The number of nitrogens with one attached hydrogen (secondary N) is 3. The molecular formula is C16H19N7. The molecule has 7 heteroatoms. The summed E-state index contributed by atoms with van der Waals surface area (Å²) < 4.78 is 0. The Kier molecular flexibility index (Phi) is 3.27. The predicted molar refractivity (Wildman–Crippen MR) is 88.1 cm³/mol. The van der Waals surface area contributed by atoms with Crippen LogP contribution in [0.2, 0.25) is 0 Å². The van der Waals surface area contributed by atoms with Gasteiger partial charge in [0.25, 0.3) is 0 Å². The van der Waals surface area contributed by atoms with Crippen molar-refractivity contribution in [3.63, 3.8) is 0 Å². The van der Waals surface area contributed by atoms with E-state index in [0.29, 0.717) is 35.3 Å². The van der Waals surface area contributed by atoms with E-state index in [1.165, 1.54) is 0 Å². The highest BCUT2D eigenvalue weighted by Crippen LogP contribution is 2.43. The molecular weight excluding hydrogens is 290 g/mol. The van der Waals surface area contributed by atoms with Crippen LogP contribution in [0.3, 0.4) is 0 Å². The molecule has 2 fully saturated rings. The molecule has 118 valence electrons. The van der Waals surface area contributed by atoms with Crippen molar-refractivity contribution in [1.29, 1.82) is 5.26 Å². The Morgan fingerprint density at radius 2 is 2.09 bits per heavy atom. The van der Waals surface area contributed by atoms with Gasteiger partial charge in [0.2, 0.25) is 5.95 Å². The van der Waals surface area contributed by atoms with Gasteiger partial charge in [0.05, 0.1) is 0 Å². The third kappa shape index (κ3) is 2.55. The number of pyridine rings is 1. The maximum atomic E-state index is 9.13. The molecule has 1 aliphatic carbocycles. The zero-order valence-electron chi connectivity index (χ0n) is 13.2. The first-order valence-corrected chi connectivity index (χ1v) is 7.97. The number of fused-ring (bicyclic) bond motifs is 2. The molecule has 2 aliphatic rings. The fourth-order valence-corrected chi connectivity index (χ4v) is 3.32. The Morgan fingerprint density at radius 3 is 2.78 bits per heavy atom. The first-order valence-electron chi connectivity index (χ1n) is 7.97. The van der Waals surface area contributed by atoms with E-state index < -0.39 is 0 Å². The highest BCUT2D eigenvalue weighted by molar-refractivity contribution is 5.89. The highest BCUT2D eigenvalue weighted by Gasteiger charge is 2.53. The molecule has 7 nitrogen and oxygen atoms in total. The van der Waals surface area contributed by atoms with Crippen LogP contribution in [0.1, 0.15) is 19.5 Å². The van der Waals surface area contributed by atoms with Crippen molar-refractivity contribution in [2.45, 2.75) is 25.9 Å². The second-order valence-corrected chi connectivity index (χ2v) is 6.55. The second-order valence-electron chi connectivity index (χ2n) is 6.55. The maximum Gasteiger partial charge on any atom is 0.223 e. The van der Waals surface area contributed by atoms with Crippen molar-refractivity contribution in [1.82, 2.24) is 20.3 Å². The van der Waals surface area contributed by atoms with Gasteiger partial charge in [-0.05, 0) is 31.7 Å². The van der Waals surface area contributed by atoms with E-state index in [2.05, 4.69) is 37.0 Å². The molecule has 2 aromatic rings. The molecule has 0 bridgehead atoms. The van der Waals surface area contributed by atoms with Crippen molar-refractivity contribution in [3.05, 3.63) is 18.0 Å². The number of hydrogen-bond donors (Lipinski definition) is 3. The van der Waals surface area contributed by atoms with Crippen LogP contribution in [0.4, 0.5) is 11.8 Å². The molecule has 0 aromatic carbocycles. The second kappa shape index (κ2) is 5.32. The molecule has 0 radical (unpaired) electrons. The van der Waals surface area contributed by atoms with Crippen LogP contribution < -0.4 is 16.0 Å². The van der Waals surface area contributed by atoms with Gasteiger partial charge < -0.3 is 16.0 Å². The van der Waals surface area contributed by atoms with Crippen LogP contribution in [-0.4, -0.2) is 40.1 Å². The lowest BCUT2D eigenvalue weighted by molar-refractivity contribution is 0.694. The number of hydrogen-bond acceptors (Lipinski definition) is 7. The third-order valence-corrected chi connectivity index (χ3v) is 4.49. The summed E-state index contributed by atoms with van der Waals surface area (Å²) in [6, 6.07) is 4.49. The van der Waals surface area contributed by atoms with Gasteiger partial charge in [-0.2, -0.15) is 5.26 Å². The predicted octanol–water partition coefficient (Wildman–Crippen LogP) is 1.35. The van der Waals surface area contributed by atoms with Crippen LogP contribution in [0.15, 0.2) is 12.3 Å². The smallest absolute Gasteiger partial charge is 0.223 e. The van der Waals surface area contributed by atoms with Crippen LogP contribution in [0, 0.1) is 23.2 Å². The molecule has 3 N–H and O–H groups in total. The minimum atomic E-state index is 0.208. The number of piperidine rings is 1. The first-order chi connectivity index (χ1) is 11.2. The summed E-state index contributed by atoms with van der Waals surface area (Å²) in [5.74, 6) is 2.66. The minimum Gasteiger partial charge on any atom is -0.366 e. The van der Waals surface area contributed by atoms with Crippen LogP contribution >= 0.6 is 0 Å². The van der Waals surface area contributed by atoms with E-state index in [4.69, 9.17) is 5.26 Å². The van der Waals surface area contributed by atoms with Crippen molar-refractivity contribution in [3.8, 4) is 6.07 Å². The van der Waals surface area contributed by atoms with E-state index in [1.807, 2.05) is 13.8 Å². The average molecular weight is 309 g/mol. The van der Waals surface area contributed by atoms with E-state index in [-0.39, 0.29) is 6.04 Å². The molecule has 4 rings (SSSR count). The third-order valence-electron chi connectivity index (χ3n) is 4.49. The Hall–Kier alpha value is -2.46. The Bertz CT molecular complexity index is 785. The van der Waals surface area contributed by atoms with Crippen LogP contribution in [0.5, 0.6) is 0 Å². The lowest BCUT2D eigenvalue weighted by Gasteiger charge is -2.13. The van der Waals surface area contributed by atoms with Gasteiger partial charge in [-0.15, -0.1) is 0 Å². The quantitative estimate of drug-likeness (QED) is 0.784. The summed E-state index contributed by atoms with van der Waals surface area (Å²) >= 11 is 0. The van der Waals surface area contributed by atoms with Crippen molar-refractivity contribution in [2.75, 3.05) is 23.7 Å². The Morgan fingerprint density at radius 1 is 1.30 bits per heavy atom. The number of nitrogens with zero attached hydrogens (tertiary/aromatic N) is 4. The summed E-state index contributed by atoms with van der Waals surface area (Å²) in [6.45, 7) is 6.21. The number of anilines is 2. The SMILES string of the molecule is CC(C)Nc1nc(C#N)cc2cnc(NC3[C@H]4CNC[C@@H]34)nc12. The molecule has 1 unspecified atom stereocenters. The van der Waals surface area contributed by atoms with Gasteiger partial charge in [0.15, 0.2) is 5.82 Å². The van der Waals surface area contributed by atoms with Gasteiger partial charge >= 0.3 is 0 Å². The van der Waals surface area contributed by atoms with Gasteiger partial charge in [0.1, 0.15) is 17.3 Å². The van der Waals surface area contributed by atoms with E-state index in [0.717, 1.165) is 24.0 Å². The number of rotatable bonds is 4. The summed E-state index contributed by atoms with van der Waals surface area (Å²) in [6.07, 6.45) is 1.76. The molecule has 3 atom stereocenters. The van der Waals surface area contributed by atoms with Crippen molar-refractivity contribution >= 4 is 22.7 Å². The molecule has 23 heavy (non-hydrogen) atoms. The fourth-order valence-electron chi connectivity index (χ4n) is 3.32. The molecule has 2 aromatic heterocycles. The van der Waals surface area contributed by atoms with Gasteiger partial charge in [0, 0.05) is 36.8 Å². The largest absolute Gasteiger partial charge is 0.366 e. The van der Waals surface area contributed by atoms with E-state index >= 15 is 0 Å². The van der Waals surface area contributed by atoms with Crippen molar-refractivity contribution < 1.29 is 0 Å². The maximum absolute atomic E-state index is 9.13. The lowest BCUT2D eigenvalue weighted by atomic mass is 10.2. The number of aromatic nitrogens is 3. The summed E-state index contributed by atoms with van der Waals surface area (Å²) in [5.41, 5.74) is 1.12. The summed E-state index contributed by atoms with van der Waals surface area (Å²) in [5, 5.41) is 20.0. The van der Waals surface area contributed by atoms with Crippen molar-refractivity contribution in [2.24, 2.45) is 11.8 Å². The first kappa shape index (κ1) is 14.2. The Labute approximate surface area is 134 Å². The zero-order chi connectivity index (χ0) is 16.0. The van der Waals surface area contributed by atoms with Gasteiger partial charge in [-0.25, -0.2) is 15.0 Å². The van der Waals surface area contributed by atoms with Crippen LogP contribution in [-0.2, 0) is 0 Å². The normalized spacial score (nSPS) is 25.2. The summed E-state index contributed by atoms with van der Waals surface area (Å²) in [7, 11) is 0. The van der Waals surface area contributed by atoms with Gasteiger partial charge in [-0.1, -0.05) is 0 Å².